The third-order valence-corrected chi connectivity index (χ3v) is 3.89. The van der Waals surface area contributed by atoms with E-state index in [0.29, 0.717) is 12.5 Å². The van der Waals surface area contributed by atoms with E-state index in [1.54, 1.807) is 0 Å². The van der Waals surface area contributed by atoms with Gasteiger partial charge in [0.2, 0.25) is 5.91 Å². The van der Waals surface area contributed by atoms with Crippen LogP contribution in [0.5, 0.6) is 0 Å². The first-order chi connectivity index (χ1) is 7.17. The number of amides is 1. The van der Waals surface area contributed by atoms with Crippen LogP contribution in [0.2, 0.25) is 0 Å². The Kier molecular flexibility index (Phi) is 5.64. The van der Waals surface area contributed by atoms with Crippen LogP contribution in [-0.4, -0.2) is 38.2 Å². The minimum atomic E-state index is -1.72. The molecule has 2 N–H and O–H groups in total. The summed E-state index contributed by atoms with van der Waals surface area (Å²) in [5.41, 5.74) is 0. The van der Waals surface area contributed by atoms with Crippen molar-refractivity contribution in [2.45, 2.75) is 32.4 Å². The number of hydrogen-bond acceptors (Lipinski definition) is 3. The van der Waals surface area contributed by atoms with Gasteiger partial charge in [-0.3, -0.25) is 13.8 Å². The molecule has 0 aromatic heterocycles. The summed E-state index contributed by atoms with van der Waals surface area (Å²) < 4.78 is 10.2. The first kappa shape index (κ1) is 15.1. The standard InChI is InChI=1S/C10H19NO4S/c1-7(2)5-11-8(12)6-16(15)10(3,4)9(13)14/h7H,5-6H2,1-4H3,(H,11,12)(H,13,14). The van der Waals surface area contributed by atoms with Crippen molar-refractivity contribution in [3.63, 3.8) is 0 Å². The average molecular weight is 249 g/mol. The Bertz CT molecular complexity index is 299. The summed E-state index contributed by atoms with van der Waals surface area (Å²) >= 11 is 0. The van der Waals surface area contributed by atoms with Gasteiger partial charge in [-0.15, -0.1) is 0 Å². The van der Waals surface area contributed by atoms with Gasteiger partial charge in [-0.05, 0) is 19.8 Å². The average Bonchev–Trinajstić information content (AvgIpc) is 2.14. The van der Waals surface area contributed by atoms with E-state index in [1.165, 1.54) is 13.8 Å². The van der Waals surface area contributed by atoms with Crippen LogP contribution in [0.4, 0.5) is 0 Å². The van der Waals surface area contributed by atoms with Gasteiger partial charge in [0.1, 0.15) is 10.5 Å². The molecule has 1 atom stereocenters. The van der Waals surface area contributed by atoms with E-state index in [4.69, 9.17) is 5.11 Å². The molecule has 6 heteroatoms. The van der Waals surface area contributed by atoms with Crippen LogP contribution < -0.4 is 5.32 Å². The van der Waals surface area contributed by atoms with Crippen LogP contribution in [-0.2, 0) is 20.4 Å². The van der Waals surface area contributed by atoms with E-state index in [2.05, 4.69) is 5.32 Å². The molecule has 0 aromatic rings. The van der Waals surface area contributed by atoms with Crippen LogP contribution >= 0.6 is 0 Å². The van der Waals surface area contributed by atoms with Gasteiger partial charge in [0.15, 0.2) is 0 Å². The van der Waals surface area contributed by atoms with Crippen molar-refractivity contribution in [3.05, 3.63) is 0 Å². The van der Waals surface area contributed by atoms with Gasteiger partial charge in [0, 0.05) is 17.3 Å². The second-order valence-corrected chi connectivity index (χ2v) is 6.50. The van der Waals surface area contributed by atoms with E-state index in [0.717, 1.165) is 0 Å². The van der Waals surface area contributed by atoms with Gasteiger partial charge in [-0.25, -0.2) is 0 Å². The SMILES string of the molecule is CC(C)CNC(=O)CS(=O)C(C)(C)C(=O)O. The van der Waals surface area contributed by atoms with Crippen molar-refractivity contribution in [3.8, 4) is 0 Å². The Hall–Kier alpha value is -0.910. The fourth-order valence-electron chi connectivity index (χ4n) is 0.766. The Morgan fingerprint density at radius 2 is 1.88 bits per heavy atom. The fraction of sp³-hybridized carbons (Fsp3) is 0.800. The highest BCUT2D eigenvalue weighted by Crippen LogP contribution is 2.13. The van der Waals surface area contributed by atoms with Gasteiger partial charge < -0.3 is 10.4 Å². The Labute approximate surface area is 98.1 Å². The predicted molar refractivity (Wildman–Crippen MR) is 62.6 cm³/mol. The molecule has 0 spiro atoms. The van der Waals surface area contributed by atoms with Crippen molar-refractivity contribution < 1.29 is 18.9 Å². The molecule has 0 aromatic carbocycles. The second-order valence-electron chi connectivity index (χ2n) is 4.50. The Morgan fingerprint density at radius 3 is 2.25 bits per heavy atom. The minimum absolute atomic E-state index is 0.272. The predicted octanol–water partition coefficient (Wildman–Crippen LogP) is 0.370. The molecule has 0 saturated heterocycles. The lowest BCUT2D eigenvalue weighted by atomic mass is 10.2. The number of aliphatic carboxylic acids is 1. The quantitative estimate of drug-likeness (QED) is 0.712. The van der Waals surface area contributed by atoms with Gasteiger partial charge in [0.05, 0.1) is 0 Å². The molecule has 0 radical (unpaired) electrons. The number of carbonyl (C=O) groups excluding carboxylic acids is 1. The minimum Gasteiger partial charge on any atom is -0.480 e. The molecule has 1 amide bonds. The topological polar surface area (TPSA) is 83.5 Å². The fourth-order valence-corrected chi connectivity index (χ4v) is 1.66. The molecule has 0 aliphatic heterocycles. The van der Waals surface area contributed by atoms with Crippen molar-refractivity contribution in [2.24, 2.45) is 5.92 Å². The van der Waals surface area contributed by atoms with E-state index < -0.39 is 21.5 Å². The number of nitrogens with one attached hydrogen (secondary N) is 1. The van der Waals surface area contributed by atoms with Crippen LogP contribution in [0.3, 0.4) is 0 Å². The molecule has 0 heterocycles. The van der Waals surface area contributed by atoms with Gasteiger partial charge >= 0.3 is 5.97 Å². The van der Waals surface area contributed by atoms with Crippen LogP contribution in [0, 0.1) is 5.92 Å². The zero-order valence-corrected chi connectivity index (χ0v) is 10.9. The first-order valence-corrected chi connectivity index (χ1v) is 6.38. The number of carboxylic acid groups (broad SMARTS) is 1. The van der Waals surface area contributed by atoms with Crippen LogP contribution in [0.25, 0.3) is 0 Å². The first-order valence-electron chi connectivity index (χ1n) is 5.06. The number of rotatable bonds is 6. The summed E-state index contributed by atoms with van der Waals surface area (Å²) in [6.45, 7) is 7.09. The highest BCUT2D eigenvalue weighted by molar-refractivity contribution is 7.87. The maximum absolute atomic E-state index is 11.6. The summed E-state index contributed by atoms with van der Waals surface area (Å²) in [4.78, 5) is 22.1. The maximum atomic E-state index is 11.6. The molecule has 1 unspecified atom stereocenters. The van der Waals surface area contributed by atoms with Gasteiger partial charge in [0.25, 0.3) is 0 Å². The summed E-state index contributed by atoms with van der Waals surface area (Å²) in [5.74, 6) is -1.50. The van der Waals surface area contributed by atoms with Crippen molar-refractivity contribution >= 4 is 22.7 Å². The third kappa shape index (κ3) is 4.74. The van der Waals surface area contributed by atoms with Crippen LogP contribution in [0.1, 0.15) is 27.7 Å². The highest BCUT2D eigenvalue weighted by atomic mass is 32.2. The molecule has 0 bridgehead atoms. The molecule has 0 rings (SSSR count). The molecule has 0 aliphatic carbocycles. The smallest absolute Gasteiger partial charge is 0.321 e. The highest BCUT2D eigenvalue weighted by Gasteiger charge is 2.35. The van der Waals surface area contributed by atoms with Gasteiger partial charge in [-0.2, -0.15) is 0 Å². The third-order valence-electron chi connectivity index (χ3n) is 2.05. The second kappa shape index (κ2) is 5.98. The Balaban J connectivity index is 4.25. The molecule has 0 saturated carbocycles. The van der Waals surface area contributed by atoms with E-state index in [9.17, 15) is 13.8 Å². The lowest BCUT2D eigenvalue weighted by molar-refractivity contribution is -0.139. The zero-order valence-electron chi connectivity index (χ0n) is 10.1. The van der Waals surface area contributed by atoms with Crippen molar-refractivity contribution in [2.75, 3.05) is 12.3 Å². The monoisotopic (exact) mass is 249 g/mol. The molecule has 5 nitrogen and oxygen atoms in total. The van der Waals surface area contributed by atoms with Crippen molar-refractivity contribution in [1.29, 1.82) is 0 Å². The molecular formula is C10H19NO4S. The van der Waals surface area contributed by atoms with E-state index in [1.807, 2.05) is 13.8 Å². The zero-order chi connectivity index (χ0) is 12.9. The molecule has 0 aliphatic rings. The number of carbonyl (C=O) groups is 2. The number of carboxylic acids is 1. The van der Waals surface area contributed by atoms with Crippen LogP contribution in [0.15, 0.2) is 0 Å². The van der Waals surface area contributed by atoms with E-state index >= 15 is 0 Å². The largest absolute Gasteiger partial charge is 0.480 e. The number of hydrogen-bond donors (Lipinski definition) is 2. The molecule has 94 valence electrons. The van der Waals surface area contributed by atoms with E-state index in [-0.39, 0.29) is 11.7 Å². The summed E-state index contributed by atoms with van der Waals surface area (Å²) in [6.07, 6.45) is 0. The lowest BCUT2D eigenvalue weighted by Gasteiger charge is -2.18. The normalized spacial score (nSPS) is 13.6. The van der Waals surface area contributed by atoms with Crippen molar-refractivity contribution in [1.82, 2.24) is 5.32 Å². The Morgan fingerprint density at radius 1 is 1.38 bits per heavy atom. The summed E-state index contributed by atoms with van der Waals surface area (Å²) in [6, 6.07) is 0. The summed E-state index contributed by atoms with van der Waals surface area (Å²) in [7, 11) is -1.72. The molecule has 0 fully saturated rings. The lowest BCUT2D eigenvalue weighted by Crippen LogP contribution is -2.42. The molecular weight excluding hydrogens is 230 g/mol. The maximum Gasteiger partial charge on any atom is 0.321 e. The summed E-state index contributed by atoms with van der Waals surface area (Å²) in [5, 5.41) is 11.4. The van der Waals surface area contributed by atoms with Gasteiger partial charge in [-0.1, -0.05) is 13.8 Å². The molecule has 16 heavy (non-hydrogen) atoms.